The summed E-state index contributed by atoms with van der Waals surface area (Å²) in [6.45, 7) is 5.50. The molecule has 0 amide bonds. The van der Waals surface area contributed by atoms with Crippen LogP contribution in [0.3, 0.4) is 0 Å². The maximum absolute atomic E-state index is 10.7. The van der Waals surface area contributed by atoms with Gasteiger partial charge in [-0.3, -0.25) is 4.68 Å². The van der Waals surface area contributed by atoms with Gasteiger partial charge in [0.1, 0.15) is 0 Å². The zero-order valence-corrected chi connectivity index (χ0v) is 12.4. The van der Waals surface area contributed by atoms with E-state index in [2.05, 4.69) is 10.2 Å². The molecule has 6 nitrogen and oxygen atoms in total. The number of carboxylic acid groups (broad SMARTS) is 1. The van der Waals surface area contributed by atoms with E-state index >= 15 is 0 Å². The van der Waals surface area contributed by atoms with Crippen LogP contribution in [0.4, 0.5) is 0 Å². The zero-order valence-electron chi connectivity index (χ0n) is 11.7. The van der Waals surface area contributed by atoms with Crippen LogP contribution in [-0.4, -0.2) is 30.6 Å². The third-order valence-electron chi connectivity index (χ3n) is 3.03. The third kappa shape index (κ3) is 2.34. The molecule has 106 valence electrons. The Hall–Kier alpha value is -2.08. The Bertz CT molecular complexity index is 713. The van der Waals surface area contributed by atoms with Gasteiger partial charge in [0.25, 0.3) is 0 Å². The van der Waals surface area contributed by atoms with Gasteiger partial charge in [0.15, 0.2) is 5.82 Å². The Kier molecular flexibility index (Phi) is 3.67. The molecule has 2 aromatic rings. The SMILES string of the molecule is Cc1nn(-c2c(C=CC(=O)O)c(C)nn2C)c(C)c1Cl. The molecule has 0 saturated carbocycles. The van der Waals surface area contributed by atoms with E-state index in [-0.39, 0.29) is 0 Å². The van der Waals surface area contributed by atoms with Crippen molar-refractivity contribution in [2.24, 2.45) is 7.05 Å². The summed E-state index contributed by atoms with van der Waals surface area (Å²) in [5.41, 5.74) is 2.94. The number of hydrogen-bond donors (Lipinski definition) is 1. The zero-order chi connectivity index (χ0) is 15.0. The number of aromatic nitrogens is 4. The maximum Gasteiger partial charge on any atom is 0.328 e. The van der Waals surface area contributed by atoms with E-state index in [1.165, 1.54) is 6.08 Å². The van der Waals surface area contributed by atoms with Crippen molar-refractivity contribution in [2.75, 3.05) is 0 Å². The van der Waals surface area contributed by atoms with Crippen molar-refractivity contribution in [2.45, 2.75) is 20.8 Å². The van der Waals surface area contributed by atoms with E-state index < -0.39 is 5.97 Å². The summed E-state index contributed by atoms with van der Waals surface area (Å²) in [6.07, 6.45) is 2.60. The first kappa shape index (κ1) is 14.3. The molecule has 1 N–H and O–H groups in total. The largest absolute Gasteiger partial charge is 0.478 e. The monoisotopic (exact) mass is 294 g/mol. The average Bonchev–Trinajstić information content (AvgIpc) is 2.77. The number of hydrogen-bond acceptors (Lipinski definition) is 3. The quantitative estimate of drug-likeness (QED) is 0.882. The minimum absolute atomic E-state index is 0.594. The third-order valence-corrected chi connectivity index (χ3v) is 3.58. The number of carbonyl (C=O) groups is 1. The molecule has 2 heterocycles. The van der Waals surface area contributed by atoms with Gasteiger partial charge in [0.2, 0.25) is 0 Å². The van der Waals surface area contributed by atoms with E-state index in [9.17, 15) is 4.79 Å². The fourth-order valence-corrected chi connectivity index (χ4v) is 2.21. The minimum atomic E-state index is -1.01. The smallest absolute Gasteiger partial charge is 0.328 e. The summed E-state index contributed by atoms with van der Waals surface area (Å²) in [4.78, 5) is 10.7. The van der Waals surface area contributed by atoms with Crippen LogP contribution in [0.25, 0.3) is 11.9 Å². The first-order chi connectivity index (χ1) is 9.32. The van der Waals surface area contributed by atoms with Crippen molar-refractivity contribution >= 4 is 23.6 Å². The van der Waals surface area contributed by atoms with Gasteiger partial charge in [-0.15, -0.1) is 0 Å². The van der Waals surface area contributed by atoms with Gasteiger partial charge in [-0.2, -0.15) is 10.2 Å². The number of aryl methyl sites for hydroxylation is 3. The number of aliphatic carboxylic acids is 1. The molecule has 0 aromatic carbocycles. The second kappa shape index (κ2) is 5.13. The molecule has 0 bridgehead atoms. The summed E-state index contributed by atoms with van der Waals surface area (Å²) >= 11 is 6.16. The molecular formula is C13H15ClN4O2. The van der Waals surface area contributed by atoms with E-state index in [1.807, 2.05) is 20.8 Å². The van der Waals surface area contributed by atoms with Crippen LogP contribution >= 0.6 is 11.6 Å². The minimum Gasteiger partial charge on any atom is -0.478 e. The first-order valence-corrected chi connectivity index (χ1v) is 6.37. The Labute approximate surface area is 121 Å². The summed E-state index contributed by atoms with van der Waals surface area (Å²) in [5, 5.41) is 18.1. The molecule has 0 aliphatic rings. The predicted octanol–water partition coefficient (Wildman–Crippen LogP) is 2.28. The van der Waals surface area contributed by atoms with Crippen molar-refractivity contribution in [3.05, 3.63) is 33.7 Å². The highest BCUT2D eigenvalue weighted by Gasteiger charge is 2.18. The van der Waals surface area contributed by atoms with Gasteiger partial charge >= 0.3 is 5.97 Å². The number of halogens is 1. The van der Waals surface area contributed by atoms with Crippen molar-refractivity contribution in [1.82, 2.24) is 19.6 Å². The van der Waals surface area contributed by atoms with E-state index in [0.717, 1.165) is 23.2 Å². The van der Waals surface area contributed by atoms with Gasteiger partial charge < -0.3 is 5.11 Å². The molecule has 0 unspecified atom stereocenters. The molecule has 7 heteroatoms. The molecular weight excluding hydrogens is 280 g/mol. The highest BCUT2D eigenvalue weighted by molar-refractivity contribution is 6.31. The lowest BCUT2D eigenvalue weighted by atomic mass is 10.2. The molecule has 2 rings (SSSR count). The molecule has 0 spiro atoms. The second-order valence-electron chi connectivity index (χ2n) is 4.51. The highest BCUT2D eigenvalue weighted by atomic mass is 35.5. The fourth-order valence-electron chi connectivity index (χ4n) is 2.09. The van der Waals surface area contributed by atoms with Gasteiger partial charge in [-0.25, -0.2) is 9.48 Å². The van der Waals surface area contributed by atoms with Crippen LogP contribution in [0.5, 0.6) is 0 Å². The van der Waals surface area contributed by atoms with Gasteiger partial charge in [0, 0.05) is 18.7 Å². The van der Waals surface area contributed by atoms with Crippen LogP contribution in [0, 0.1) is 20.8 Å². The van der Waals surface area contributed by atoms with Gasteiger partial charge in [-0.1, -0.05) is 11.6 Å². The number of carboxylic acids is 1. The molecule has 0 fully saturated rings. The standard InChI is InChI=1S/C13H15ClN4O2/c1-7-10(5-6-11(19)20)13(17(4)15-7)18-9(3)12(14)8(2)16-18/h5-6H,1-4H3,(H,19,20). The topological polar surface area (TPSA) is 72.9 Å². The van der Waals surface area contributed by atoms with Crippen molar-refractivity contribution in [1.29, 1.82) is 0 Å². The Balaban J connectivity index is 2.67. The molecule has 0 radical (unpaired) electrons. The van der Waals surface area contributed by atoms with E-state index in [0.29, 0.717) is 16.4 Å². The summed E-state index contributed by atoms with van der Waals surface area (Å²) in [7, 11) is 1.78. The predicted molar refractivity (Wildman–Crippen MR) is 76.2 cm³/mol. The van der Waals surface area contributed by atoms with Gasteiger partial charge in [0.05, 0.1) is 22.1 Å². The van der Waals surface area contributed by atoms with Crippen LogP contribution in [0.2, 0.25) is 5.02 Å². The Morgan fingerprint density at radius 1 is 1.25 bits per heavy atom. The van der Waals surface area contributed by atoms with Crippen LogP contribution in [0.1, 0.15) is 22.6 Å². The molecule has 0 saturated heterocycles. The lowest BCUT2D eigenvalue weighted by Gasteiger charge is -2.06. The first-order valence-electron chi connectivity index (χ1n) is 5.99. The summed E-state index contributed by atoms with van der Waals surface area (Å²) < 4.78 is 3.34. The maximum atomic E-state index is 10.7. The van der Waals surface area contributed by atoms with Crippen LogP contribution in [0.15, 0.2) is 6.08 Å². The molecule has 0 aliphatic heterocycles. The molecule has 2 aromatic heterocycles. The summed E-state index contributed by atoms with van der Waals surface area (Å²) in [5.74, 6) is -0.321. The second-order valence-corrected chi connectivity index (χ2v) is 4.89. The molecule has 0 aliphatic carbocycles. The lowest BCUT2D eigenvalue weighted by Crippen LogP contribution is -2.07. The van der Waals surface area contributed by atoms with E-state index in [1.54, 1.807) is 16.4 Å². The van der Waals surface area contributed by atoms with Crippen molar-refractivity contribution < 1.29 is 9.90 Å². The lowest BCUT2D eigenvalue weighted by molar-refractivity contribution is -0.131. The van der Waals surface area contributed by atoms with E-state index in [4.69, 9.17) is 16.7 Å². The van der Waals surface area contributed by atoms with Crippen LogP contribution < -0.4 is 0 Å². The van der Waals surface area contributed by atoms with Crippen LogP contribution in [-0.2, 0) is 11.8 Å². The van der Waals surface area contributed by atoms with Crippen molar-refractivity contribution in [3.8, 4) is 5.82 Å². The Morgan fingerprint density at radius 3 is 2.40 bits per heavy atom. The Morgan fingerprint density at radius 2 is 1.90 bits per heavy atom. The summed E-state index contributed by atoms with van der Waals surface area (Å²) in [6, 6.07) is 0. The highest BCUT2D eigenvalue weighted by Crippen LogP contribution is 2.26. The normalized spacial score (nSPS) is 11.4. The molecule has 0 atom stereocenters. The average molecular weight is 295 g/mol. The number of rotatable bonds is 3. The van der Waals surface area contributed by atoms with Crippen molar-refractivity contribution in [3.63, 3.8) is 0 Å². The van der Waals surface area contributed by atoms with Gasteiger partial charge in [-0.05, 0) is 26.8 Å². The number of nitrogens with zero attached hydrogens (tertiary/aromatic N) is 4. The fraction of sp³-hybridized carbons (Fsp3) is 0.308. The molecule has 20 heavy (non-hydrogen) atoms.